The molecule has 0 aromatic carbocycles. The fourth-order valence-corrected chi connectivity index (χ4v) is 3.45. The maximum absolute atomic E-state index is 12.2. The summed E-state index contributed by atoms with van der Waals surface area (Å²) in [5.74, 6) is -0.318. The first-order valence-corrected chi connectivity index (χ1v) is 7.69. The first kappa shape index (κ1) is 15.5. The van der Waals surface area contributed by atoms with Gasteiger partial charge in [0.15, 0.2) is 0 Å². The van der Waals surface area contributed by atoms with Crippen molar-refractivity contribution in [3.05, 3.63) is 34.8 Å². The predicted molar refractivity (Wildman–Crippen MR) is 86.6 cm³/mol. The van der Waals surface area contributed by atoms with Gasteiger partial charge in [-0.3, -0.25) is 4.98 Å². The summed E-state index contributed by atoms with van der Waals surface area (Å²) in [7, 11) is 0. The van der Waals surface area contributed by atoms with Gasteiger partial charge in [0.1, 0.15) is 4.88 Å². The molecule has 2 aromatic heterocycles. The van der Waals surface area contributed by atoms with Crippen molar-refractivity contribution in [1.82, 2.24) is 4.98 Å². The van der Waals surface area contributed by atoms with Crippen molar-refractivity contribution in [3.63, 3.8) is 0 Å². The normalized spacial score (nSPS) is 11.4. The number of hydrogen-bond acceptors (Lipinski definition) is 5. The van der Waals surface area contributed by atoms with Gasteiger partial charge in [-0.25, -0.2) is 4.79 Å². The molecule has 5 heteroatoms. The van der Waals surface area contributed by atoms with Crippen molar-refractivity contribution in [2.75, 3.05) is 12.3 Å². The maximum atomic E-state index is 12.2. The SMILES string of the molecule is CCOC(=O)c1sc(N)c(-c2ccccn2)c1C(C)(C)C. The lowest BCUT2D eigenvalue weighted by atomic mass is 9.83. The second-order valence-corrected chi connectivity index (χ2v) is 6.78. The number of aromatic nitrogens is 1. The summed E-state index contributed by atoms with van der Waals surface area (Å²) in [5, 5.41) is 0.599. The van der Waals surface area contributed by atoms with Gasteiger partial charge < -0.3 is 10.5 Å². The largest absolute Gasteiger partial charge is 0.462 e. The summed E-state index contributed by atoms with van der Waals surface area (Å²) in [6.45, 7) is 8.32. The quantitative estimate of drug-likeness (QED) is 0.874. The zero-order valence-corrected chi connectivity index (χ0v) is 13.6. The molecule has 0 bridgehead atoms. The van der Waals surface area contributed by atoms with E-state index in [4.69, 9.17) is 10.5 Å². The van der Waals surface area contributed by atoms with E-state index in [-0.39, 0.29) is 11.4 Å². The minimum absolute atomic E-state index is 0.233. The number of anilines is 1. The minimum Gasteiger partial charge on any atom is -0.462 e. The van der Waals surface area contributed by atoms with Gasteiger partial charge in [0.2, 0.25) is 0 Å². The molecule has 0 saturated carbocycles. The number of pyridine rings is 1. The zero-order chi connectivity index (χ0) is 15.6. The number of hydrogen-bond donors (Lipinski definition) is 1. The molecule has 0 aliphatic heterocycles. The minimum atomic E-state index is -0.318. The fourth-order valence-electron chi connectivity index (χ4n) is 2.27. The molecule has 0 spiro atoms. The molecule has 0 fully saturated rings. The second kappa shape index (κ2) is 5.85. The van der Waals surface area contributed by atoms with Crippen LogP contribution in [0, 0.1) is 0 Å². The Balaban J connectivity index is 2.69. The van der Waals surface area contributed by atoms with Crippen molar-refractivity contribution >= 4 is 22.3 Å². The van der Waals surface area contributed by atoms with E-state index < -0.39 is 0 Å². The molecule has 0 aliphatic carbocycles. The molecule has 2 N–H and O–H groups in total. The number of thiophene rings is 1. The van der Waals surface area contributed by atoms with Crippen molar-refractivity contribution in [2.24, 2.45) is 0 Å². The fraction of sp³-hybridized carbons (Fsp3) is 0.375. The summed E-state index contributed by atoms with van der Waals surface area (Å²) in [5.41, 5.74) is 8.47. The molecule has 2 aromatic rings. The highest BCUT2D eigenvalue weighted by Crippen LogP contribution is 2.44. The topological polar surface area (TPSA) is 65.2 Å². The van der Waals surface area contributed by atoms with Crippen LogP contribution in [-0.4, -0.2) is 17.6 Å². The molecule has 0 saturated heterocycles. The average molecular weight is 304 g/mol. The van der Waals surface area contributed by atoms with Crippen LogP contribution in [0.25, 0.3) is 11.3 Å². The number of nitrogens with zero attached hydrogens (tertiary/aromatic N) is 1. The standard InChI is InChI=1S/C16H20N2O2S/c1-5-20-15(19)13-12(16(2,3)4)11(14(17)21-13)10-8-6-7-9-18-10/h6-9H,5,17H2,1-4H3. The predicted octanol–water partition coefficient (Wildman–Crippen LogP) is 3.87. The van der Waals surface area contributed by atoms with Crippen LogP contribution in [0.15, 0.2) is 24.4 Å². The first-order valence-electron chi connectivity index (χ1n) is 6.87. The summed E-state index contributed by atoms with van der Waals surface area (Å²) < 4.78 is 5.16. The Morgan fingerprint density at radius 2 is 2.10 bits per heavy atom. The van der Waals surface area contributed by atoms with Gasteiger partial charge in [-0.05, 0) is 30.0 Å². The van der Waals surface area contributed by atoms with Crippen LogP contribution in [0.3, 0.4) is 0 Å². The lowest BCUT2D eigenvalue weighted by Gasteiger charge is -2.21. The first-order chi connectivity index (χ1) is 9.86. The summed E-state index contributed by atoms with van der Waals surface area (Å²) in [6.07, 6.45) is 1.73. The van der Waals surface area contributed by atoms with Crippen LogP contribution < -0.4 is 5.73 Å². The molecule has 2 rings (SSSR count). The number of nitrogen functional groups attached to an aromatic ring is 1. The third kappa shape index (κ3) is 3.08. The Kier molecular flexibility index (Phi) is 4.32. The number of carbonyl (C=O) groups is 1. The van der Waals surface area contributed by atoms with Gasteiger partial charge in [-0.2, -0.15) is 0 Å². The lowest BCUT2D eigenvalue weighted by Crippen LogP contribution is -2.17. The molecule has 112 valence electrons. The Morgan fingerprint density at radius 1 is 1.38 bits per heavy atom. The van der Waals surface area contributed by atoms with Crippen LogP contribution >= 0.6 is 11.3 Å². The Labute approximate surface area is 129 Å². The van der Waals surface area contributed by atoms with E-state index in [1.165, 1.54) is 11.3 Å². The van der Waals surface area contributed by atoms with Crippen LogP contribution in [0.1, 0.15) is 42.9 Å². The number of ether oxygens (including phenoxy) is 1. The van der Waals surface area contributed by atoms with Gasteiger partial charge in [0.05, 0.1) is 17.3 Å². The van der Waals surface area contributed by atoms with Crippen LogP contribution in [0.5, 0.6) is 0 Å². The Bertz CT molecular complexity index is 642. The number of esters is 1. The maximum Gasteiger partial charge on any atom is 0.348 e. The summed E-state index contributed by atoms with van der Waals surface area (Å²) in [6, 6.07) is 5.67. The van der Waals surface area contributed by atoms with E-state index in [2.05, 4.69) is 25.8 Å². The molecule has 0 aliphatic rings. The monoisotopic (exact) mass is 304 g/mol. The van der Waals surface area contributed by atoms with Crippen molar-refractivity contribution < 1.29 is 9.53 Å². The molecule has 21 heavy (non-hydrogen) atoms. The van der Waals surface area contributed by atoms with Gasteiger partial charge in [-0.1, -0.05) is 26.8 Å². The molecule has 2 heterocycles. The van der Waals surface area contributed by atoms with E-state index in [1.54, 1.807) is 13.1 Å². The third-order valence-corrected chi connectivity index (χ3v) is 4.07. The summed E-state index contributed by atoms with van der Waals surface area (Å²) >= 11 is 1.27. The van der Waals surface area contributed by atoms with E-state index in [9.17, 15) is 4.79 Å². The van der Waals surface area contributed by atoms with Crippen molar-refractivity contribution in [2.45, 2.75) is 33.1 Å². The van der Waals surface area contributed by atoms with Gasteiger partial charge in [0.25, 0.3) is 0 Å². The third-order valence-electron chi connectivity index (χ3n) is 3.07. The van der Waals surface area contributed by atoms with E-state index in [0.717, 1.165) is 16.8 Å². The number of carbonyl (C=O) groups excluding carboxylic acids is 1. The molecule has 0 amide bonds. The van der Waals surface area contributed by atoms with Crippen LogP contribution in [0.4, 0.5) is 5.00 Å². The number of rotatable bonds is 3. The van der Waals surface area contributed by atoms with Gasteiger partial charge >= 0.3 is 5.97 Å². The van der Waals surface area contributed by atoms with Gasteiger partial charge in [0, 0.05) is 11.8 Å². The lowest BCUT2D eigenvalue weighted by molar-refractivity contribution is 0.0529. The van der Waals surface area contributed by atoms with E-state index in [1.807, 2.05) is 18.2 Å². The molecule has 4 nitrogen and oxygen atoms in total. The smallest absolute Gasteiger partial charge is 0.348 e. The highest BCUT2D eigenvalue weighted by atomic mass is 32.1. The Morgan fingerprint density at radius 3 is 2.62 bits per heavy atom. The molecular formula is C16H20N2O2S. The second-order valence-electron chi connectivity index (χ2n) is 5.73. The highest BCUT2D eigenvalue weighted by molar-refractivity contribution is 7.18. The summed E-state index contributed by atoms with van der Waals surface area (Å²) in [4.78, 5) is 17.2. The Hall–Kier alpha value is -1.88. The van der Waals surface area contributed by atoms with E-state index >= 15 is 0 Å². The van der Waals surface area contributed by atoms with Crippen LogP contribution in [0.2, 0.25) is 0 Å². The number of nitrogens with two attached hydrogens (primary N) is 1. The molecule has 0 radical (unpaired) electrons. The van der Waals surface area contributed by atoms with Gasteiger partial charge in [-0.15, -0.1) is 11.3 Å². The highest BCUT2D eigenvalue weighted by Gasteiger charge is 2.31. The van der Waals surface area contributed by atoms with Crippen molar-refractivity contribution in [1.29, 1.82) is 0 Å². The van der Waals surface area contributed by atoms with Crippen molar-refractivity contribution in [3.8, 4) is 11.3 Å². The van der Waals surface area contributed by atoms with E-state index in [0.29, 0.717) is 16.5 Å². The zero-order valence-electron chi connectivity index (χ0n) is 12.8. The van der Waals surface area contributed by atoms with Crippen LogP contribution in [-0.2, 0) is 10.2 Å². The average Bonchev–Trinajstić information content (AvgIpc) is 2.78. The molecular weight excluding hydrogens is 284 g/mol. The molecule has 0 unspecified atom stereocenters. The molecule has 0 atom stereocenters.